The molecule has 0 aromatic heterocycles. The first kappa shape index (κ1) is 21.2. The van der Waals surface area contributed by atoms with Gasteiger partial charge in [0, 0.05) is 39.7 Å². The Morgan fingerprint density at radius 2 is 1.81 bits per heavy atom. The van der Waals surface area contributed by atoms with Gasteiger partial charge in [0.05, 0.1) is 6.10 Å². The highest BCUT2D eigenvalue weighted by molar-refractivity contribution is 5.81. The number of carbonyl (C=O) groups excluding carboxylic acids is 1. The van der Waals surface area contributed by atoms with E-state index in [0.717, 1.165) is 31.1 Å². The van der Waals surface area contributed by atoms with Gasteiger partial charge in [0.1, 0.15) is 0 Å². The summed E-state index contributed by atoms with van der Waals surface area (Å²) < 4.78 is 5.92. The summed E-state index contributed by atoms with van der Waals surface area (Å²) in [6, 6.07) is 9.92. The minimum Gasteiger partial charge on any atom is -0.378 e. The molecule has 0 unspecified atom stereocenters. The minimum absolute atomic E-state index is 0.0303. The van der Waals surface area contributed by atoms with Crippen molar-refractivity contribution in [3.8, 4) is 0 Å². The van der Waals surface area contributed by atoms with E-state index in [2.05, 4.69) is 20.9 Å². The SMILES string of the molecule is CN=C(NCCCOC1CCCCC1)NCCC(=O)NCc1ccccc1. The summed E-state index contributed by atoms with van der Waals surface area (Å²) in [6.45, 7) is 2.72. The van der Waals surface area contributed by atoms with Crippen molar-refractivity contribution in [2.75, 3.05) is 26.7 Å². The van der Waals surface area contributed by atoms with E-state index in [-0.39, 0.29) is 5.91 Å². The van der Waals surface area contributed by atoms with Gasteiger partial charge in [0.25, 0.3) is 0 Å². The van der Waals surface area contributed by atoms with Crippen molar-refractivity contribution in [2.45, 2.75) is 57.6 Å². The Morgan fingerprint density at radius 1 is 1.07 bits per heavy atom. The van der Waals surface area contributed by atoms with Crippen LogP contribution in [0.1, 0.15) is 50.5 Å². The Labute approximate surface area is 163 Å². The molecule has 1 saturated carbocycles. The summed E-state index contributed by atoms with van der Waals surface area (Å²) in [5.74, 6) is 0.756. The number of carbonyl (C=O) groups is 1. The first-order valence-corrected chi connectivity index (χ1v) is 10.1. The number of nitrogens with one attached hydrogen (secondary N) is 3. The van der Waals surface area contributed by atoms with E-state index in [1.807, 2.05) is 30.3 Å². The number of rotatable bonds is 10. The van der Waals surface area contributed by atoms with Crippen molar-refractivity contribution in [1.82, 2.24) is 16.0 Å². The zero-order valence-corrected chi connectivity index (χ0v) is 16.5. The van der Waals surface area contributed by atoms with E-state index < -0.39 is 0 Å². The summed E-state index contributed by atoms with van der Waals surface area (Å²) in [5.41, 5.74) is 1.10. The Morgan fingerprint density at radius 3 is 2.56 bits per heavy atom. The lowest BCUT2D eigenvalue weighted by molar-refractivity contribution is -0.121. The zero-order chi connectivity index (χ0) is 19.2. The second-order valence-electron chi connectivity index (χ2n) is 6.92. The summed E-state index contributed by atoms with van der Waals surface area (Å²) in [4.78, 5) is 16.1. The van der Waals surface area contributed by atoms with Gasteiger partial charge in [-0.2, -0.15) is 0 Å². The fourth-order valence-electron chi connectivity index (χ4n) is 3.16. The number of hydrogen-bond acceptors (Lipinski definition) is 3. The molecule has 0 aliphatic heterocycles. The first-order valence-electron chi connectivity index (χ1n) is 10.1. The third kappa shape index (κ3) is 9.43. The average molecular weight is 375 g/mol. The molecule has 0 spiro atoms. The molecule has 6 heteroatoms. The molecule has 3 N–H and O–H groups in total. The van der Waals surface area contributed by atoms with Gasteiger partial charge in [-0.05, 0) is 24.8 Å². The van der Waals surface area contributed by atoms with Gasteiger partial charge in [0.2, 0.25) is 5.91 Å². The fourth-order valence-corrected chi connectivity index (χ4v) is 3.16. The molecule has 2 rings (SSSR count). The average Bonchev–Trinajstić information content (AvgIpc) is 2.72. The minimum atomic E-state index is 0.0303. The number of amides is 1. The van der Waals surface area contributed by atoms with Crippen molar-refractivity contribution in [3.05, 3.63) is 35.9 Å². The van der Waals surface area contributed by atoms with Crippen LogP contribution in [0.5, 0.6) is 0 Å². The predicted octanol–water partition coefficient (Wildman–Crippen LogP) is 2.60. The van der Waals surface area contributed by atoms with Crippen molar-refractivity contribution >= 4 is 11.9 Å². The molecule has 1 aliphatic rings. The monoisotopic (exact) mass is 374 g/mol. The lowest BCUT2D eigenvalue weighted by atomic mass is 9.98. The molecule has 1 fully saturated rings. The van der Waals surface area contributed by atoms with Gasteiger partial charge < -0.3 is 20.7 Å². The van der Waals surface area contributed by atoms with Gasteiger partial charge in [-0.1, -0.05) is 49.6 Å². The number of nitrogens with zero attached hydrogens (tertiary/aromatic N) is 1. The zero-order valence-electron chi connectivity index (χ0n) is 16.5. The third-order valence-electron chi connectivity index (χ3n) is 4.72. The van der Waals surface area contributed by atoms with E-state index in [9.17, 15) is 4.79 Å². The standard InChI is InChI=1S/C21H34N4O2/c1-22-21(23-14-8-16-27-19-11-6-3-7-12-19)24-15-13-20(26)25-17-18-9-4-2-5-10-18/h2,4-5,9-10,19H,3,6-8,11-17H2,1H3,(H,25,26)(H2,22,23,24). The lowest BCUT2D eigenvalue weighted by Crippen LogP contribution is -2.40. The van der Waals surface area contributed by atoms with E-state index in [4.69, 9.17) is 4.74 Å². The highest BCUT2D eigenvalue weighted by atomic mass is 16.5. The van der Waals surface area contributed by atoms with Crippen molar-refractivity contribution < 1.29 is 9.53 Å². The van der Waals surface area contributed by atoms with Crippen molar-refractivity contribution in [1.29, 1.82) is 0 Å². The molecule has 1 amide bonds. The van der Waals surface area contributed by atoms with E-state index in [1.54, 1.807) is 7.05 Å². The van der Waals surface area contributed by atoms with Crippen LogP contribution in [0, 0.1) is 0 Å². The molecule has 6 nitrogen and oxygen atoms in total. The van der Waals surface area contributed by atoms with Gasteiger partial charge in [-0.3, -0.25) is 9.79 Å². The Balaban J connectivity index is 1.48. The molecule has 0 atom stereocenters. The normalized spacial score (nSPS) is 15.4. The molecule has 1 aromatic rings. The maximum absolute atomic E-state index is 11.9. The van der Waals surface area contributed by atoms with Crippen LogP contribution in [-0.2, 0) is 16.1 Å². The first-order chi connectivity index (χ1) is 13.3. The molecular formula is C21H34N4O2. The van der Waals surface area contributed by atoms with Crippen LogP contribution in [0.25, 0.3) is 0 Å². The van der Waals surface area contributed by atoms with E-state index in [1.165, 1.54) is 32.1 Å². The third-order valence-corrected chi connectivity index (χ3v) is 4.72. The molecule has 1 aliphatic carbocycles. The van der Waals surface area contributed by atoms with Crippen LogP contribution < -0.4 is 16.0 Å². The molecule has 27 heavy (non-hydrogen) atoms. The number of aliphatic imine (C=N–C) groups is 1. The molecule has 0 saturated heterocycles. The lowest BCUT2D eigenvalue weighted by Gasteiger charge is -2.22. The molecular weight excluding hydrogens is 340 g/mol. The second kappa shape index (κ2) is 13.1. The van der Waals surface area contributed by atoms with Crippen LogP contribution in [0.4, 0.5) is 0 Å². The van der Waals surface area contributed by atoms with Crippen LogP contribution in [0.15, 0.2) is 35.3 Å². The van der Waals surface area contributed by atoms with Crippen LogP contribution in [0.3, 0.4) is 0 Å². The van der Waals surface area contributed by atoms with Gasteiger partial charge in [0.15, 0.2) is 5.96 Å². The largest absolute Gasteiger partial charge is 0.378 e. The van der Waals surface area contributed by atoms with Crippen LogP contribution in [-0.4, -0.2) is 44.7 Å². The molecule has 0 radical (unpaired) electrons. The van der Waals surface area contributed by atoms with Crippen molar-refractivity contribution in [3.63, 3.8) is 0 Å². The topological polar surface area (TPSA) is 74.8 Å². The van der Waals surface area contributed by atoms with Gasteiger partial charge in [-0.15, -0.1) is 0 Å². The number of benzene rings is 1. The van der Waals surface area contributed by atoms with Crippen LogP contribution >= 0.6 is 0 Å². The second-order valence-corrected chi connectivity index (χ2v) is 6.92. The molecule has 0 bridgehead atoms. The smallest absolute Gasteiger partial charge is 0.222 e. The molecule has 1 aromatic carbocycles. The fraction of sp³-hybridized carbons (Fsp3) is 0.619. The van der Waals surface area contributed by atoms with E-state index >= 15 is 0 Å². The quantitative estimate of drug-likeness (QED) is 0.334. The Bertz CT molecular complexity index is 557. The number of hydrogen-bond donors (Lipinski definition) is 3. The highest BCUT2D eigenvalue weighted by Crippen LogP contribution is 2.20. The summed E-state index contributed by atoms with van der Waals surface area (Å²) in [6.07, 6.45) is 8.22. The molecule has 150 valence electrons. The van der Waals surface area contributed by atoms with E-state index in [0.29, 0.717) is 25.6 Å². The summed E-state index contributed by atoms with van der Waals surface area (Å²) in [7, 11) is 1.74. The van der Waals surface area contributed by atoms with Gasteiger partial charge in [-0.25, -0.2) is 0 Å². The van der Waals surface area contributed by atoms with Crippen molar-refractivity contribution in [2.24, 2.45) is 4.99 Å². The maximum atomic E-state index is 11.9. The Kier molecular flexibility index (Phi) is 10.3. The number of ether oxygens (including phenoxy) is 1. The Hall–Kier alpha value is -2.08. The van der Waals surface area contributed by atoms with Gasteiger partial charge >= 0.3 is 0 Å². The summed E-state index contributed by atoms with van der Waals surface area (Å²) >= 11 is 0. The number of guanidine groups is 1. The summed E-state index contributed by atoms with van der Waals surface area (Å²) in [5, 5.41) is 9.37. The maximum Gasteiger partial charge on any atom is 0.222 e. The molecule has 0 heterocycles. The highest BCUT2D eigenvalue weighted by Gasteiger charge is 2.13. The van der Waals surface area contributed by atoms with Crippen LogP contribution in [0.2, 0.25) is 0 Å². The predicted molar refractivity (Wildman–Crippen MR) is 110 cm³/mol.